The van der Waals surface area contributed by atoms with Crippen LogP contribution in [0.3, 0.4) is 0 Å². The van der Waals surface area contributed by atoms with E-state index in [1.54, 1.807) is 6.20 Å². The zero-order chi connectivity index (χ0) is 19.8. The number of rotatable bonds is 2. The fraction of sp³-hybridized carbons (Fsp3) is 0.647. The second-order valence-corrected chi connectivity index (χ2v) is 10.0. The zero-order valence-electron chi connectivity index (χ0n) is 15.6. The first-order valence-electron chi connectivity index (χ1n) is 9.03. The maximum absolute atomic E-state index is 10.9. The number of hydrogen-bond acceptors (Lipinski definition) is 6. The Morgan fingerprint density at radius 3 is 2.59 bits per heavy atom. The third kappa shape index (κ3) is 4.37. The second kappa shape index (κ2) is 7.54. The minimum absolute atomic E-state index is 0.191. The summed E-state index contributed by atoms with van der Waals surface area (Å²) in [4.78, 5) is 3.97. The summed E-state index contributed by atoms with van der Waals surface area (Å²) >= 11 is 6.18. The van der Waals surface area contributed by atoms with Gasteiger partial charge in [-0.2, -0.15) is 4.31 Å². The summed E-state index contributed by atoms with van der Waals surface area (Å²) in [7, 11) is -3.09. The summed E-state index contributed by atoms with van der Waals surface area (Å²) in [5.41, 5.74) is 7.79. The van der Waals surface area contributed by atoms with Crippen LogP contribution < -0.4 is 5.73 Å². The fourth-order valence-corrected chi connectivity index (χ4v) is 4.72. The van der Waals surface area contributed by atoms with Crippen molar-refractivity contribution in [3.05, 3.63) is 23.0 Å². The molecule has 2 fully saturated rings. The van der Waals surface area contributed by atoms with E-state index in [9.17, 15) is 8.42 Å². The Morgan fingerprint density at radius 1 is 1.37 bits per heavy atom. The van der Waals surface area contributed by atoms with Gasteiger partial charge in [-0.25, -0.2) is 17.9 Å². The van der Waals surface area contributed by atoms with Gasteiger partial charge in [-0.1, -0.05) is 24.9 Å². The van der Waals surface area contributed by atoms with Crippen LogP contribution in [-0.4, -0.2) is 57.9 Å². The Bertz CT molecular complexity index is 926. The van der Waals surface area contributed by atoms with Crippen LogP contribution in [-0.2, 0) is 15.4 Å². The Labute approximate surface area is 164 Å². The van der Waals surface area contributed by atoms with Gasteiger partial charge in [0.15, 0.2) is 0 Å². The first-order valence-corrected chi connectivity index (χ1v) is 11.3. The number of nitrogens with two attached hydrogens (primary N) is 1. The van der Waals surface area contributed by atoms with Gasteiger partial charge >= 0.3 is 0 Å². The number of aliphatic hydroxyl groups excluding tert-OH is 1. The van der Waals surface area contributed by atoms with Crippen molar-refractivity contribution in [2.24, 2.45) is 0 Å². The number of hydrogen-bond donors (Lipinski definition) is 2. The molecule has 3 N–H and O–H groups in total. The van der Waals surface area contributed by atoms with Crippen LogP contribution in [0.4, 0.5) is 5.95 Å². The van der Waals surface area contributed by atoms with E-state index in [1.165, 1.54) is 29.8 Å². The van der Waals surface area contributed by atoms with Gasteiger partial charge in [0.05, 0.1) is 29.3 Å². The number of β-amino-alcohol motifs (C(OH)–C–C–N with tert-alkyl or cyclic N) is 1. The second-order valence-electron chi connectivity index (χ2n) is 7.62. The summed E-state index contributed by atoms with van der Waals surface area (Å²) in [6, 6.07) is 1.99. The maximum Gasteiger partial charge on any atom is 0.238 e. The molecule has 8 nitrogen and oxygen atoms in total. The summed E-state index contributed by atoms with van der Waals surface area (Å²) in [6.45, 7) is 3.06. The van der Waals surface area contributed by atoms with E-state index in [0.717, 1.165) is 17.6 Å². The number of anilines is 1. The summed E-state index contributed by atoms with van der Waals surface area (Å²) in [5.74, 6) is 0.281. The summed E-state index contributed by atoms with van der Waals surface area (Å²) in [5, 5.41) is 14.1. The normalized spacial score (nSPS) is 22.7. The molecular weight excluding hydrogens is 390 g/mol. The lowest BCUT2D eigenvalue weighted by Crippen LogP contribution is -2.41. The molecule has 4 rings (SSSR count). The third-order valence-corrected chi connectivity index (χ3v) is 6.96. The molecule has 1 aliphatic carbocycles. The Balaban J connectivity index is 0.000000168. The van der Waals surface area contributed by atoms with E-state index in [-0.39, 0.29) is 17.9 Å². The van der Waals surface area contributed by atoms with Crippen LogP contribution in [0.2, 0.25) is 5.02 Å². The van der Waals surface area contributed by atoms with Crippen LogP contribution in [0, 0.1) is 0 Å². The first kappa shape index (κ1) is 20.3. The molecule has 2 aliphatic rings. The van der Waals surface area contributed by atoms with Gasteiger partial charge < -0.3 is 10.8 Å². The van der Waals surface area contributed by atoms with Crippen molar-refractivity contribution in [3.63, 3.8) is 0 Å². The van der Waals surface area contributed by atoms with Crippen LogP contribution in [0.1, 0.15) is 44.7 Å². The minimum atomic E-state index is -3.09. The largest absolute Gasteiger partial charge is 0.392 e. The molecule has 0 spiro atoms. The zero-order valence-corrected chi connectivity index (χ0v) is 17.2. The van der Waals surface area contributed by atoms with Crippen molar-refractivity contribution in [1.29, 1.82) is 0 Å². The monoisotopic (exact) mass is 415 g/mol. The lowest BCUT2D eigenvalue weighted by atomic mass is 9.68. The van der Waals surface area contributed by atoms with Crippen molar-refractivity contribution in [3.8, 4) is 0 Å². The van der Waals surface area contributed by atoms with Gasteiger partial charge in [0.25, 0.3) is 0 Å². The average Bonchev–Trinajstić information content (AvgIpc) is 2.89. The molecule has 0 radical (unpaired) electrons. The molecule has 1 saturated heterocycles. The quantitative estimate of drug-likeness (QED) is 0.773. The predicted octanol–water partition coefficient (Wildman–Crippen LogP) is 1.81. The van der Waals surface area contributed by atoms with E-state index >= 15 is 0 Å². The molecule has 10 heteroatoms. The molecule has 1 atom stereocenters. The number of nitrogens with zero attached hydrogens (tertiary/aromatic N) is 4. The van der Waals surface area contributed by atoms with Crippen LogP contribution in [0.15, 0.2) is 12.3 Å². The molecule has 0 aromatic carbocycles. The van der Waals surface area contributed by atoms with E-state index < -0.39 is 16.1 Å². The molecule has 3 heterocycles. The van der Waals surface area contributed by atoms with Gasteiger partial charge in [0, 0.05) is 18.5 Å². The highest BCUT2D eigenvalue weighted by Gasteiger charge is 2.37. The molecule has 0 bridgehead atoms. The van der Waals surface area contributed by atoms with Gasteiger partial charge in [-0.15, -0.1) is 5.10 Å². The topological polar surface area (TPSA) is 114 Å². The van der Waals surface area contributed by atoms with Gasteiger partial charge in [0.1, 0.15) is 5.52 Å². The lowest BCUT2D eigenvalue weighted by Gasteiger charge is -2.37. The van der Waals surface area contributed by atoms with Gasteiger partial charge in [0.2, 0.25) is 16.0 Å². The highest BCUT2D eigenvalue weighted by atomic mass is 35.5. The fourth-order valence-electron chi connectivity index (χ4n) is 3.58. The smallest absolute Gasteiger partial charge is 0.238 e. The van der Waals surface area contributed by atoms with Gasteiger partial charge in [-0.3, -0.25) is 0 Å². The van der Waals surface area contributed by atoms with Crippen molar-refractivity contribution < 1.29 is 13.5 Å². The van der Waals surface area contributed by atoms with E-state index in [2.05, 4.69) is 17.0 Å². The molecule has 2 aromatic heterocycles. The Hall–Kier alpha value is -1.42. The number of sulfonamides is 1. The molecular formula is C17H26ClN5O3S. The molecule has 2 aromatic rings. The van der Waals surface area contributed by atoms with Crippen molar-refractivity contribution in [1.82, 2.24) is 18.9 Å². The van der Waals surface area contributed by atoms with E-state index in [4.69, 9.17) is 22.4 Å². The first-order chi connectivity index (χ1) is 12.6. The highest BCUT2D eigenvalue weighted by Crippen LogP contribution is 2.44. The average molecular weight is 416 g/mol. The van der Waals surface area contributed by atoms with Crippen molar-refractivity contribution >= 4 is 33.1 Å². The molecule has 1 saturated carbocycles. The van der Waals surface area contributed by atoms with Gasteiger partial charge in [-0.05, 0) is 31.7 Å². The highest BCUT2D eigenvalue weighted by molar-refractivity contribution is 7.88. The number of halogens is 1. The SMILES string of the molecule is CC1(c2cc(Cl)c3cnc(N)nn23)CCC1.CS(=O)(=O)N1CCCC(O)C1. The number of piperidine rings is 1. The van der Waals surface area contributed by atoms with Crippen molar-refractivity contribution in [2.45, 2.75) is 50.5 Å². The van der Waals surface area contributed by atoms with Crippen LogP contribution in [0.5, 0.6) is 0 Å². The Morgan fingerprint density at radius 2 is 2.07 bits per heavy atom. The van der Waals surface area contributed by atoms with E-state index in [1.807, 2.05) is 10.6 Å². The summed E-state index contributed by atoms with van der Waals surface area (Å²) in [6.07, 6.45) is 7.47. The molecule has 1 aliphatic heterocycles. The molecule has 150 valence electrons. The number of fused-ring (bicyclic) bond motifs is 1. The van der Waals surface area contributed by atoms with Crippen LogP contribution >= 0.6 is 11.6 Å². The standard InChI is InChI=1S/C11H13ClN4.C6H13NO3S/c1-11(3-2-4-11)9-5-7(12)8-6-14-10(13)15-16(8)9;1-11(9,10)7-4-2-3-6(8)5-7/h5-6H,2-4H2,1H3,(H2,13,15);6,8H,2-5H2,1H3. The predicted molar refractivity (Wildman–Crippen MR) is 105 cm³/mol. The maximum atomic E-state index is 10.9. The third-order valence-electron chi connectivity index (χ3n) is 5.39. The lowest BCUT2D eigenvalue weighted by molar-refractivity contribution is 0.108. The number of aliphatic hydroxyl groups is 1. The Kier molecular flexibility index (Phi) is 5.67. The molecule has 0 amide bonds. The molecule has 27 heavy (non-hydrogen) atoms. The molecule has 1 unspecified atom stereocenters. The van der Waals surface area contributed by atoms with Crippen molar-refractivity contribution in [2.75, 3.05) is 25.1 Å². The summed E-state index contributed by atoms with van der Waals surface area (Å²) < 4.78 is 25.1. The van der Waals surface area contributed by atoms with E-state index in [0.29, 0.717) is 18.0 Å². The van der Waals surface area contributed by atoms with Crippen LogP contribution in [0.25, 0.3) is 5.52 Å². The number of nitrogen functional groups attached to an aromatic ring is 1. The number of aromatic nitrogens is 3. The minimum Gasteiger partial charge on any atom is -0.392 e.